The van der Waals surface area contributed by atoms with Gasteiger partial charge in [-0.25, -0.2) is 0 Å². The molecule has 4 rings (SSSR count). The topological polar surface area (TPSA) is 54.9 Å². The molecular formula is C21H25N3O2. The maximum Gasteiger partial charge on any atom is 0.191 e. The molecule has 1 aliphatic carbocycles. The number of para-hydroxylation sites is 2. The first kappa shape index (κ1) is 16.8. The average Bonchev–Trinajstić information content (AvgIpc) is 3.50. The Bertz CT molecular complexity index is 772. The third-order valence-corrected chi connectivity index (χ3v) is 5.12. The van der Waals surface area contributed by atoms with Crippen molar-refractivity contribution in [2.24, 2.45) is 4.99 Å². The maximum atomic E-state index is 5.98. The van der Waals surface area contributed by atoms with E-state index >= 15 is 0 Å². The minimum Gasteiger partial charge on any atom is -0.486 e. The summed E-state index contributed by atoms with van der Waals surface area (Å²) in [5.41, 5.74) is 1.66. The molecule has 1 unspecified atom stereocenters. The van der Waals surface area contributed by atoms with Crippen molar-refractivity contribution in [1.82, 2.24) is 10.6 Å². The first-order chi connectivity index (χ1) is 12.8. The highest BCUT2D eigenvalue weighted by Crippen LogP contribution is 2.47. The van der Waals surface area contributed by atoms with Gasteiger partial charge in [-0.05, 0) is 30.5 Å². The molecule has 2 aromatic carbocycles. The van der Waals surface area contributed by atoms with Crippen molar-refractivity contribution in [2.45, 2.75) is 24.4 Å². The van der Waals surface area contributed by atoms with E-state index in [1.807, 2.05) is 24.3 Å². The van der Waals surface area contributed by atoms with Crippen molar-refractivity contribution in [3.63, 3.8) is 0 Å². The molecule has 0 radical (unpaired) electrons. The third kappa shape index (κ3) is 3.62. The van der Waals surface area contributed by atoms with Gasteiger partial charge in [0.25, 0.3) is 0 Å². The van der Waals surface area contributed by atoms with Crippen molar-refractivity contribution < 1.29 is 9.47 Å². The minimum atomic E-state index is -0.0348. The standard InChI is InChI=1S/C21H25N3O2/c1-22-20(24-15-21(11-12-21)16-7-3-2-4-8-16)23-13-17-14-25-18-9-5-6-10-19(18)26-17/h2-10,17H,11-15H2,1H3,(H2,22,23,24). The molecule has 0 aromatic heterocycles. The Balaban J connectivity index is 1.28. The summed E-state index contributed by atoms with van der Waals surface area (Å²) in [5.74, 6) is 2.41. The third-order valence-electron chi connectivity index (χ3n) is 5.12. The van der Waals surface area contributed by atoms with Gasteiger partial charge in [0.1, 0.15) is 12.7 Å². The van der Waals surface area contributed by atoms with Crippen molar-refractivity contribution in [1.29, 1.82) is 0 Å². The Morgan fingerprint density at radius 1 is 1.04 bits per heavy atom. The highest BCUT2D eigenvalue weighted by atomic mass is 16.6. The van der Waals surface area contributed by atoms with E-state index in [-0.39, 0.29) is 11.5 Å². The fraction of sp³-hybridized carbons (Fsp3) is 0.381. The number of hydrogen-bond donors (Lipinski definition) is 2. The van der Waals surface area contributed by atoms with Crippen LogP contribution in [0.15, 0.2) is 59.6 Å². The summed E-state index contributed by atoms with van der Waals surface area (Å²) in [6.07, 6.45) is 2.40. The molecule has 2 aromatic rings. The summed E-state index contributed by atoms with van der Waals surface area (Å²) in [6, 6.07) is 18.5. The lowest BCUT2D eigenvalue weighted by molar-refractivity contribution is 0.0936. The molecule has 1 atom stereocenters. The van der Waals surface area contributed by atoms with Gasteiger partial charge in [-0.2, -0.15) is 0 Å². The Labute approximate surface area is 154 Å². The van der Waals surface area contributed by atoms with Gasteiger partial charge < -0.3 is 20.1 Å². The van der Waals surface area contributed by atoms with Crippen LogP contribution in [0, 0.1) is 0 Å². The molecule has 5 nitrogen and oxygen atoms in total. The quantitative estimate of drug-likeness (QED) is 0.642. The van der Waals surface area contributed by atoms with Gasteiger partial charge in [0.2, 0.25) is 0 Å². The number of ether oxygens (including phenoxy) is 2. The predicted molar refractivity (Wildman–Crippen MR) is 103 cm³/mol. The maximum absolute atomic E-state index is 5.98. The van der Waals surface area contributed by atoms with Crippen molar-refractivity contribution in [3.8, 4) is 11.5 Å². The highest BCUT2D eigenvalue weighted by molar-refractivity contribution is 5.79. The number of rotatable bonds is 5. The number of aliphatic imine (C=N–C) groups is 1. The zero-order valence-electron chi connectivity index (χ0n) is 15.1. The van der Waals surface area contributed by atoms with Gasteiger partial charge in [-0.1, -0.05) is 42.5 Å². The summed E-state index contributed by atoms with van der Waals surface area (Å²) in [4.78, 5) is 4.34. The van der Waals surface area contributed by atoms with Gasteiger partial charge >= 0.3 is 0 Å². The van der Waals surface area contributed by atoms with E-state index in [2.05, 4.69) is 46.0 Å². The summed E-state index contributed by atoms with van der Waals surface area (Å²) >= 11 is 0. The van der Waals surface area contributed by atoms with Crippen molar-refractivity contribution >= 4 is 5.96 Å². The Morgan fingerprint density at radius 2 is 1.77 bits per heavy atom. The molecule has 0 bridgehead atoms. The first-order valence-corrected chi connectivity index (χ1v) is 9.18. The molecule has 2 N–H and O–H groups in total. The van der Waals surface area contributed by atoms with E-state index in [9.17, 15) is 0 Å². The van der Waals surface area contributed by atoms with Crippen LogP contribution >= 0.6 is 0 Å². The van der Waals surface area contributed by atoms with Crippen LogP contribution in [-0.2, 0) is 5.41 Å². The SMILES string of the molecule is CN=C(NCC1COc2ccccc2O1)NCC1(c2ccccc2)CC1. The molecule has 0 amide bonds. The van der Waals surface area contributed by atoms with Gasteiger partial charge in [-0.3, -0.25) is 4.99 Å². The second kappa shape index (κ2) is 7.28. The van der Waals surface area contributed by atoms with Crippen LogP contribution in [0.25, 0.3) is 0 Å². The van der Waals surface area contributed by atoms with Gasteiger partial charge in [0.05, 0.1) is 6.54 Å². The smallest absolute Gasteiger partial charge is 0.191 e. The number of hydrogen-bond acceptors (Lipinski definition) is 3. The number of guanidine groups is 1. The van der Waals surface area contributed by atoms with Gasteiger partial charge in [0, 0.05) is 19.0 Å². The molecule has 1 fully saturated rings. The highest BCUT2D eigenvalue weighted by Gasteiger charge is 2.44. The summed E-state index contributed by atoms with van der Waals surface area (Å²) in [5, 5.41) is 6.83. The lowest BCUT2D eigenvalue weighted by Gasteiger charge is -2.27. The van der Waals surface area contributed by atoms with E-state index in [0.29, 0.717) is 13.2 Å². The number of benzene rings is 2. The van der Waals surface area contributed by atoms with E-state index in [1.165, 1.54) is 18.4 Å². The average molecular weight is 351 g/mol. The predicted octanol–water partition coefficient (Wildman–Crippen LogP) is 2.72. The second-order valence-electron chi connectivity index (χ2n) is 6.95. The van der Waals surface area contributed by atoms with Crippen LogP contribution in [0.4, 0.5) is 0 Å². The lowest BCUT2D eigenvalue weighted by Crippen LogP contribution is -2.47. The van der Waals surface area contributed by atoms with E-state index < -0.39 is 0 Å². The molecule has 2 aliphatic rings. The molecule has 1 saturated carbocycles. The van der Waals surface area contributed by atoms with Crippen molar-refractivity contribution in [2.75, 3.05) is 26.7 Å². The first-order valence-electron chi connectivity index (χ1n) is 9.18. The fourth-order valence-corrected chi connectivity index (χ4v) is 3.36. The van der Waals surface area contributed by atoms with Crippen molar-refractivity contribution in [3.05, 3.63) is 60.2 Å². The number of nitrogens with one attached hydrogen (secondary N) is 2. The molecule has 26 heavy (non-hydrogen) atoms. The molecule has 0 saturated heterocycles. The van der Waals surface area contributed by atoms with E-state index in [1.54, 1.807) is 7.05 Å². The van der Waals surface area contributed by atoms with E-state index in [4.69, 9.17) is 9.47 Å². The molecule has 136 valence electrons. The van der Waals surface area contributed by atoms with Gasteiger partial charge in [0.15, 0.2) is 17.5 Å². The number of fused-ring (bicyclic) bond motifs is 1. The molecular weight excluding hydrogens is 326 g/mol. The molecule has 1 aliphatic heterocycles. The monoisotopic (exact) mass is 351 g/mol. The Hall–Kier alpha value is -2.69. The molecule has 5 heteroatoms. The summed E-state index contributed by atoms with van der Waals surface area (Å²) in [7, 11) is 1.80. The Kier molecular flexibility index (Phi) is 4.69. The van der Waals surface area contributed by atoms with E-state index in [0.717, 1.165) is 24.0 Å². The lowest BCUT2D eigenvalue weighted by atomic mass is 9.96. The van der Waals surface area contributed by atoms with Crippen LogP contribution in [-0.4, -0.2) is 38.8 Å². The zero-order chi connectivity index (χ0) is 17.8. The summed E-state index contributed by atoms with van der Waals surface area (Å²) in [6.45, 7) is 2.07. The minimum absolute atomic E-state index is 0.0348. The van der Waals surface area contributed by atoms with Crippen LogP contribution in [0.3, 0.4) is 0 Å². The number of nitrogens with zero attached hydrogens (tertiary/aromatic N) is 1. The zero-order valence-corrected chi connectivity index (χ0v) is 15.1. The largest absolute Gasteiger partial charge is 0.486 e. The van der Waals surface area contributed by atoms with Gasteiger partial charge in [-0.15, -0.1) is 0 Å². The van der Waals surface area contributed by atoms with Crippen LogP contribution in [0.5, 0.6) is 11.5 Å². The normalized spacial score (nSPS) is 20.3. The van der Waals surface area contributed by atoms with Crippen LogP contribution in [0.2, 0.25) is 0 Å². The Morgan fingerprint density at radius 3 is 2.50 bits per heavy atom. The van der Waals surface area contributed by atoms with Crippen LogP contribution < -0.4 is 20.1 Å². The molecule has 0 spiro atoms. The molecule has 1 heterocycles. The van der Waals surface area contributed by atoms with Crippen LogP contribution in [0.1, 0.15) is 18.4 Å². The summed E-state index contributed by atoms with van der Waals surface area (Å²) < 4.78 is 11.7. The second-order valence-corrected chi connectivity index (χ2v) is 6.95. The fourth-order valence-electron chi connectivity index (χ4n) is 3.36.